The van der Waals surface area contributed by atoms with Crippen LogP contribution in [0.5, 0.6) is 0 Å². The second kappa shape index (κ2) is 6.10. The fourth-order valence-corrected chi connectivity index (χ4v) is 3.79. The molecule has 7 heteroatoms. The Kier molecular flexibility index (Phi) is 4.65. The van der Waals surface area contributed by atoms with E-state index in [4.69, 9.17) is 11.6 Å². The first-order chi connectivity index (χ1) is 9.37. The molecule has 1 amide bonds. The minimum atomic E-state index is -2.98. The number of nitrogens with one attached hydrogen (secondary N) is 1. The molecule has 0 spiro atoms. The number of carbonyl (C=O) groups excluding carboxylic acids is 1. The number of halogens is 2. The molecule has 2 rings (SSSR count). The molecule has 0 aromatic heterocycles. The van der Waals surface area contributed by atoms with E-state index >= 15 is 0 Å². The van der Waals surface area contributed by atoms with Crippen molar-refractivity contribution in [3.05, 3.63) is 34.6 Å². The van der Waals surface area contributed by atoms with Crippen LogP contribution in [0.3, 0.4) is 0 Å². The van der Waals surface area contributed by atoms with Gasteiger partial charge in [0.1, 0.15) is 15.7 Å². The fraction of sp³-hybridized carbons (Fsp3) is 0.462. The Bertz CT molecular complexity index is 604. The van der Waals surface area contributed by atoms with Gasteiger partial charge >= 0.3 is 0 Å². The summed E-state index contributed by atoms with van der Waals surface area (Å²) in [5.74, 6) is -0.923. The van der Waals surface area contributed by atoms with E-state index in [1.165, 1.54) is 12.1 Å². The Morgan fingerprint density at radius 1 is 1.35 bits per heavy atom. The molecule has 0 saturated carbocycles. The van der Waals surface area contributed by atoms with Gasteiger partial charge in [0.25, 0.3) is 0 Å². The Labute approximate surface area is 122 Å². The van der Waals surface area contributed by atoms with Gasteiger partial charge in [0, 0.05) is 23.0 Å². The van der Waals surface area contributed by atoms with E-state index in [1.807, 2.05) is 0 Å². The minimum Gasteiger partial charge on any atom is -0.352 e. The molecule has 1 N–H and O–H groups in total. The molecule has 20 heavy (non-hydrogen) atoms. The summed E-state index contributed by atoms with van der Waals surface area (Å²) >= 11 is 5.64. The first-order valence-corrected chi connectivity index (χ1v) is 8.49. The molecule has 0 atom stereocenters. The summed E-state index contributed by atoms with van der Waals surface area (Å²) in [6.45, 7) is 0.0745. The maximum Gasteiger partial charge on any atom is 0.223 e. The maximum atomic E-state index is 13.5. The lowest BCUT2D eigenvalue weighted by molar-refractivity contribution is -0.125. The molecule has 0 radical (unpaired) electrons. The summed E-state index contributed by atoms with van der Waals surface area (Å²) < 4.78 is 36.1. The molecule has 1 aromatic carbocycles. The van der Waals surface area contributed by atoms with Gasteiger partial charge < -0.3 is 5.32 Å². The highest BCUT2D eigenvalue weighted by atomic mass is 35.5. The van der Waals surface area contributed by atoms with Crippen LogP contribution >= 0.6 is 11.6 Å². The van der Waals surface area contributed by atoms with Crippen LogP contribution in [0, 0.1) is 11.7 Å². The van der Waals surface area contributed by atoms with E-state index in [9.17, 15) is 17.6 Å². The highest BCUT2D eigenvalue weighted by molar-refractivity contribution is 7.91. The van der Waals surface area contributed by atoms with Crippen LogP contribution in [-0.4, -0.2) is 25.8 Å². The van der Waals surface area contributed by atoms with Crippen molar-refractivity contribution in [2.45, 2.75) is 19.4 Å². The standard InChI is InChI=1S/C13H15ClFNO3S/c14-11-2-1-10(12(15)7-11)8-16-13(17)9-3-5-20(18,19)6-4-9/h1-2,7,9H,3-6,8H2,(H,16,17). The van der Waals surface area contributed by atoms with Crippen molar-refractivity contribution in [3.8, 4) is 0 Å². The normalized spacial score (nSPS) is 18.7. The van der Waals surface area contributed by atoms with Crippen LogP contribution in [0.4, 0.5) is 4.39 Å². The Morgan fingerprint density at radius 2 is 2.00 bits per heavy atom. The highest BCUT2D eigenvalue weighted by Gasteiger charge is 2.28. The van der Waals surface area contributed by atoms with E-state index in [0.29, 0.717) is 23.4 Å². The van der Waals surface area contributed by atoms with Gasteiger partial charge in [-0.15, -0.1) is 0 Å². The van der Waals surface area contributed by atoms with E-state index < -0.39 is 15.7 Å². The number of rotatable bonds is 3. The van der Waals surface area contributed by atoms with Gasteiger partial charge in [-0.2, -0.15) is 0 Å². The molecule has 1 aliphatic heterocycles. The average molecular weight is 320 g/mol. The van der Waals surface area contributed by atoms with E-state index in [1.54, 1.807) is 6.07 Å². The molecule has 0 aliphatic carbocycles. The number of sulfone groups is 1. The fourth-order valence-electron chi connectivity index (χ4n) is 2.14. The molecule has 1 aliphatic rings. The Hall–Kier alpha value is -1.14. The number of amides is 1. The van der Waals surface area contributed by atoms with Gasteiger partial charge in [0.15, 0.2) is 0 Å². The topological polar surface area (TPSA) is 63.2 Å². The minimum absolute atomic E-state index is 0.0421. The van der Waals surface area contributed by atoms with Crippen molar-refractivity contribution >= 4 is 27.3 Å². The van der Waals surface area contributed by atoms with Crippen LogP contribution < -0.4 is 5.32 Å². The van der Waals surface area contributed by atoms with E-state index in [2.05, 4.69) is 5.32 Å². The smallest absolute Gasteiger partial charge is 0.223 e. The first-order valence-electron chi connectivity index (χ1n) is 6.29. The van der Waals surface area contributed by atoms with Crippen molar-refractivity contribution in [3.63, 3.8) is 0 Å². The zero-order chi connectivity index (χ0) is 14.8. The van der Waals surface area contributed by atoms with Gasteiger partial charge in [-0.25, -0.2) is 12.8 Å². The first kappa shape index (κ1) is 15.3. The lowest BCUT2D eigenvalue weighted by Gasteiger charge is -2.21. The van der Waals surface area contributed by atoms with Gasteiger partial charge in [0.2, 0.25) is 5.91 Å². The van der Waals surface area contributed by atoms with Gasteiger partial charge in [-0.3, -0.25) is 4.79 Å². The molecule has 1 saturated heterocycles. The molecule has 4 nitrogen and oxygen atoms in total. The second-order valence-electron chi connectivity index (χ2n) is 4.88. The summed E-state index contributed by atoms with van der Waals surface area (Å²) in [7, 11) is -2.98. The van der Waals surface area contributed by atoms with E-state index in [-0.39, 0.29) is 29.9 Å². The second-order valence-corrected chi connectivity index (χ2v) is 7.62. The lowest BCUT2D eigenvalue weighted by atomic mass is 10.0. The van der Waals surface area contributed by atoms with Crippen molar-refractivity contribution in [1.82, 2.24) is 5.32 Å². The summed E-state index contributed by atoms with van der Waals surface area (Å²) in [6, 6.07) is 4.26. The largest absolute Gasteiger partial charge is 0.352 e. The van der Waals surface area contributed by atoms with Crippen molar-refractivity contribution in [2.24, 2.45) is 5.92 Å². The van der Waals surface area contributed by atoms with Gasteiger partial charge in [0.05, 0.1) is 11.5 Å². The molecule has 1 fully saturated rings. The molecular weight excluding hydrogens is 305 g/mol. The number of hydrogen-bond acceptors (Lipinski definition) is 3. The number of carbonyl (C=O) groups is 1. The third kappa shape index (κ3) is 3.93. The van der Waals surface area contributed by atoms with Crippen LogP contribution in [0.1, 0.15) is 18.4 Å². The molecule has 0 bridgehead atoms. The molecular formula is C13H15ClFNO3S. The average Bonchev–Trinajstić information content (AvgIpc) is 2.37. The van der Waals surface area contributed by atoms with Crippen molar-refractivity contribution < 1.29 is 17.6 Å². The summed E-state index contributed by atoms with van der Waals surface area (Å²) in [6.07, 6.45) is 0.661. The van der Waals surface area contributed by atoms with Gasteiger partial charge in [-0.05, 0) is 25.0 Å². The molecule has 1 heterocycles. The van der Waals surface area contributed by atoms with Crippen LogP contribution in [0.15, 0.2) is 18.2 Å². The van der Waals surface area contributed by atoms with E-state index in [0.717, 1.165) is 0 Å². The maximum absolute atomic E-state index is 13.5. The van der Waals surface area contributed by atoms with Crippen LogP contribution in [0.25, 0.3) is 0 Å². The quantitative estimate of drug-likeness (QED) is 0.926. The van der Waals surface area contributed by atoms with Crippen LogP contribution in [-0.2, 0) is 21.2 Å². The summed E-state index contributed by atoms with van der Waals surface area (Å²) in [5, 5.41) is 2.94. The molecule has 1 aromatic rings. The predicted molar refractivity (Wildman–Crippen MR) is 74.6 cm³/mol. The third-order valence-electron chi connectivity index (χ3n) is 3.39. The van der Waals surface area contributed by atoms with Crippen LogP contribution in [0.2, 0.25) is 5.02 Å². The van der Waals surface area contributed by atoms with Gasteiger partial charge in [-0.1, -0.05) is 17.7 Å². The van der Waals surface area contributed by atoms with Crippen molar-refractivity contribution in [1.29, 1.82) is 0 Å². The third-order valence-corrected chi connectivity index (χ3v) is 5.34. The lowest BCUT2D eigenvalue weighted by Crippen LogP contribution is -2.36. The Balaban J connectivity index is 1.89. The molecule has 0 unspecified atom stereocenters. The number of hydrogen-bond donors (Lipinski definition) is 1. The zero-order valence-electron chi connectivity index (χ0n) is 10.7. The summed E-state index contributed by atoms with van der Waals surface area (Å²) in [4.78, 5) is 11.9. The number of benzene rings is 1. The zero-order valence-corrected chi connectivity index (χ0v) is 12.3. The molecule has 110 valence electrons. The monoisotopic (exact) mass is 319 g/mol. The SMILES string of the molecule is O=C(NCc1ccc(Cl)cc1F)C1CCS(=O)(=O)CC1. The Morgan fingerprint density at radius 3 is 2.60 bits per heavy atom. The van der Waals surface area contributed by atoms with Crippen molar-refractivity contribution in [2.75, 3.05) is 11.5 Å². The highest BCUT2D eigenvalue weighted by Crippen LogP contribution is 2.19. The summed E-state index contributed by atoms with van der Waals surface area (Å²) in [5.41, 5.74) is 0.353. The predicted octanol–water partition coefficient (Wildman–Crippen LogP) is 1.92.